The maximum atomic E-state index is 13.0. The van der Waals surface area contributed by atoms with Gasteiger partial charge >= 0.3 is 5.97 Å². The fourth-order valence-electron chi connectivity index (χ4n) is 3.82. The number of fused-ring (bicyclic) bond motifs is 1. The summed E-state index contributed by atoms with van der Waals surface area (Å²) in [6.07, 6.45) is 5.39. The molecule has 0 bridgehead atoms. The second-order valence-corrected chi connectivity index (χ2v) is 8.07. The topological polar surface area (TPSA) is 92.5 Å². The van der Waals surface area contributed by atoms with E-state index in [1.54, 1.807) is 14.0 Å². The van der Waals surface area contributed by atoms with E-state index in [4.69, 9.17) is 0 Å². The van der Waals surface area contributed by atoms with E-state index >= 15 is 0 Å². The lowest BCUT2D eigenvalue weighted by Gasteiger charge is -2.31. The van der Waals surface area contributed by atoms with Gasteiger partial charge in [0.15, 0.2) is 0 Å². The second kappa shape index (κ2) is 5.34. The van der Waals surface area contributed by atoms with Gasteiger partial charge in [-0.25, -0.2) is 8.42 Å². The van der Waals surface area contributed by atoms with Crippen LogP contribution in [0.3, 0.4) is 0 Å². The Morgan fingerprint density at radius 3 is 2.64 bits per heavy atom. The zero-order valence-electron chi connectivity index (χ0n) is 12.8. The van der Waals surface area contributed by atoms with Crippen molar-refractivity contribution in [1.82, 2.24) is 14.1 Å². The molecule has 122 valence electrons. The van der Waals surface area contributed by atoms with Crippen molar-refractivity contribution in [3.05, 3.63) is 11.9 Å². The van der Waals surface area contributed by atoms with Crippen LogP contribution >= 0.6 is 0 Å². The van der Waals surface area contributed by atoms with Gasteiger partial charge in [-0.3, -0.25) is 9.48 Å². The van der Waals surface area contributed by atoms with E-state index in [1.165, 1.54) is 15.2 Å². The zero-order valence-corrected chi connectivity index (χ0v) is 13.6. The van der Waals surface area contributed by atoms with Gasteiger partial charge in [0.05, 0.1) is 11.9 Å². The molecule has 1 aromatic heterocycles. The molecule has 2 aliphatic rings. The predicted molar refractivity (Wildman–Crippen MR) is 78.8 cm³/mol. The number of carboxylic acid groups (broad SMARTS) is 1. The van der Waals surface area contributed by atoms with Gasteiger partial charge in [-0.2, -0.15) is 9.40 Å². The van der Waals surface area contributed by atoms with Gasteiger partial charge in [-0.1, -0.05) is 12.8 Å². The predicted octanol–water partition coefficient (Wildman–Crippen LogP) is 1.13. The van der Waals surface area contributed by atoms with E-state index in [1.807, 2.05) is 0 Å². The Hall–Kier alpha value is -1.41. The number of carboxylic acids is 1. The molecule has 1 aliphatic carbocycles. The van der Waals surface area contributed by atoms with Crippen LogP contribution < -0.4 is 0 Å². The quantitative estimate of drug-likeness (QED) is 0.898. The van der Waals surface area contributed by atoms with Crippen molar-refractivity contribution in [3.8, 4) is 0 Å². The molecule has 7 nitrogen and oxygen atoms in total. The number of nitrogens with zero attached hydrogens (tertiary/aromatic N) is 3. The maximum absolute atomic E-state index is 13.0. The summed E-state index contributed by atoms with van der Waals surface area (Å²) in [4.78, 5) is 11.7. The van der Waals surface area contributed by atoms with Crippen LogP contribution in [0.15, 0.2) is 11.1 Å². The number of aryl methyl sites for hydroxylation is 1. The number of hydrogen-bond donors (Lipinski definition) is 1. The Kier molecular flexibility index (Phi) is 3.76. The summed E-state index contributed by atoms with van der Waals surface area (Å²) < 4.78 is 28.8. The number of rotatable bonds is 3. The molecule has 1 N–H and O–H groups in total. The van der Waals surface area contributed by atoms with Gasteiger partial charge in [-0.15, -0.1) is 0 Å². The molecule has 1 saturated carbocycles. The molecule has 0 radical (unpaired) electrons. The molecule has 1 saturated heterocycles. The van der Waals surface area contributed by atoms with E-state index in [0.717, 1.165) is 25.7 Å². The van der Waals surface area contributed by atoms with E-state index in [0.29, 0.717) is 12.1 Å². The first kappa shape index (κ1) is 15.5. The van der Waals surface area contributed by atoms with Crippen LogP contribution in [0.5, 0.6) is 0 Å². The zero-order chi connectivity index (χ0) is 16.1. The van der Waals surface area contributed by atoms with Crippen molar-refractivity contribution < 1.29 is 18.3 Å². The van der Waals surface area contributed by atoms with Gasteiger partial charge < -0.3 is 5.11 Å². The van der Waals surface area contributed by atoms with Crippen LogP contribution in [0.2, 0.25) is 0 Å². The maximum Gasteiger partial charge on any atom is 0.322 e. The molecule has 2 heterocycles. The molecule has 2 fully saturated rings. The lowest BCUT2D eigenvalue weighted by atomic mass is 9.85. The molecular weight excluding hydrogens is 306 g/mol. The van der Waals surface area contributed by atoms with Crippen LogP contribution in [0.1, 0.15) is 37.8 Å². The highest BCUT2D eigenvalue weighted by Gasteiger charge is 2.51. The molecule has 0 amide bonds. The summed E-state index contributed by atoms with van der Waals surface area (Å²) in [5, 5.41) is 13.5. The first-order valence-electron chi connectivity index (χ1n) is 7.59. The first-order chi connectivity index (χ1) is 10.3. The van der Waals surface area contributed by atoms with Crippen LogP contribution in [0.4, 0.5) is 0 Å². The molecule has 3 rings (SSSR count). The fraction of sp³-hybridized carbons (Fsp3) is 0.714. The Labute approximate surface area is 130 Å². The highest BCUT2D eigenvalue weighted by Crippen LogP contribution is 2.43. The Morgan fingerprint density at radius 1 is 1.36 bits per heavy atom. The van der Waals surface area contributed by atoms with Gasteiger partial charge in [0.1, 0.15) is 10.9 Å². The van der Waals surface area contributed by atoms with E-state index in [2.05, 4.69) is 5.10 Å². The number of hydrogen-bond acceptors (Lipinski definition) is 4. The normalized spacial score (nSPS) is 29.5. The van der Waals surface area contributed by atoms with Crippen LogP contribution in [0, 0.1) is 12.8 Å². The number of carbonyl (C=O) groups is 1. The van der Waals surface area contributed by atoms with Crippen molar-refractivity contribution in [3.63, 3.8) is 0 Å². The minimum absolute atomic E-state index is 0.118. The molecule has 3 atom stereocenters. The summed E-state index contributed by atoms with van der Waals surface area (Å²) in [5.41, 5.74) is 0.531. The highest BCUT2D eigenvalue weighted by atomic mass is 32.2. The minimum Gasteiger partial charge on any atom is -0.480 e. The average molecular weight is 327 g/mol. The summed E-state index contributed by atoms with van der Waals surface area (Å²) in [6, 6.07) is -1.16. The lowest BCUT2D eigenvalue weighted by molar-refractivity contribution is -0.141. The van der Waals surface area contributed by atoms with Crippen molar-refractivity contribution in [2.45, 2.75) is 56.0 Å². The summed E-state index contributed by atoms with van der Waals surface area (Å²) in [7, 11) is -2.17. The fourth-order valence-corrected chi connectivity index (χ4v) is 5.88. The smallest absolute Gasteiger partial charge is 0.322 e. The summed E-state index contributed by atoms with van der Waals surface area (Å²) in [5.74, 6) is -0.902. The Morgan fingerprint density at radius 2 is 2.05 bits per heavy atom. The molecule has 1 aromatic rings. The summed E-state index contributed by atoms with van der Waals surface area (Å²) in [6.45, 7) is 1.68. The number of aliphatic carboxylic acids is 1. The third kappa shape index (κ3) is 2.25. The average Bonchev–Trinajstić information content (AvgIpc) is 3.01. The Balaban J connectivity index is 2.06. The van der Waals surface area contributed by atoms with Crippen molar-refractivity contribution in [2.24, 2.45) is 13.0 Å². The van der Waals surface area contributed by atoms with Crippen LogP contribution in [-0.4, -0.2) is 45.7 Å². The van der Waals surface area contributed by atoms with Gasteiger partial charge in [0.25, 0.3) is 0 Å². The Bertz CT molecular complexity index is 697. The molecule has 0 spiro atoms. The standard InChI is InChI=1S/C14H21N3O4S/c1-9-13(8-15-16(9)2)22(20,21)17-11-6-4-3-5-10(11)7-12(17)14(18)19/h8,10-12H,3-7H2,1-2H3,(H,18,19). The SMILES string of the molecule is Cc1c(S(=O)(=O)N2C(C(=O)O)CC3CCCCC32)cnn1C. The van der Waals surface area contributed by atoms with Gasteiger partial charge in [0, 0.05) is 13.1 Å². The molecule has 22 heavy (non-hydrogen) atoms. The van der Waals surface area contributed by atoms with Crippen LogP contribution in [-0.2, 0) is 21.9 Å². The summed E-state index contributed by atoms with van der Waals surface area (Å²) >= 11 is 0. The largest absolute Gasteiger partial charge is 0.480 e. The van der Waals surface area contributed by atoms with Gasteiger partial charge in [0.2, 0.25) is 10.0 Å². The van der Waals surface area contributed by atoms with Crippen molar-refractivity contribution in [2.75, 3.05) is 0 Å². The van der Waals surface area contributed by atoms with E-state index in [-0.39, 0.29) is 16.9 Å². The third-order valence-corrected chi connectivity index (χ3v) is 7.10. The number of sulfonamides is 1. The third-order valence-electron chi connectivity index (χ3n) is 5.06. The van der Waals surface area contributed by atoms with Crippen molar-refractivity contribution >= 4 is 16.0 Å². The first-order valence-corrected chi connectivity index (χ1v) is 9.03. The molecular formula is C14H21N3O4S. The van der Waals surface area contributed by atoms with E-state index in [9.17, 15) is 18.3 Å². The van der Waals surface area contributed by atoms with Gasteiger partial charge in [-0.05, 0) is 32.1 Å². The van der Waals surface area contributed by atoms with Crippen LogP contribution in [0.25, 0.3) is 0 Å². The molecule has 1 aliphatic heterocycles. The van der Waals surface area contributed by atoms with E-state index < -0.39 is 22.0 Å². The number of aromatic nitrogens is 2. The molecule has 0 aromatic carbocycles. The molecule has 8 heteroatoms. The second-order valence-electron chi connectivity index (χ2n) is 6.25. The lowest BCUT2D eigenvalue weighted by Crippen LogP contribution is -2.46. The highest BCUT2D eigenvalue weighted by molar-refractivity contribution is 7.89. The van der Waals surface area contributed by atoms with Crippen molar-refractivity contribution in [1.29, 1.82) is 0 Å². The monoisotopic (exact) mass is 327 g/mol. The minimum atomic E-state index is -3.84. The molecule has 3 unspecified atom stereocenters.